The smallest absolute Gasteiger partial charge is 0.0570 e. The van der Waals surface area contributed by atoms with Gasteiger partial charge in [0.1, 0.15) is 0 Å². The molecule has 0 aromatic carbocycles. The van der Waals surface area contributed by atoms with Crippen LogP contribution in [0.1, 0.15) is 24.1 Å². The van der Waals surface area contributed by atoms with Crippen molar-refractivity contribution >= 4 is 11.6 Å². The molecule has 0 unspecified atom stereocenters. The Morgan fingerprint density at radius 1 is 1.57 bits per heavy atom. The van der Waals surface area contributed by atoms with Gasteiger partial charge in [0.15, 0.2) is 0 Å². The molecule has 1 aromatic heterocycles. The molecule has 0 amide bonds. The number of nitrogens with one attached hydrogen (secondary N) is 1. The lowest BCUT2D eigenvalue weighted by molar-refractivity contribution is 0.535. The molecule has 0 atom stereocenters. The molecule has 0 saturated heterocycles. The van der Waals surface area contributed by atoms with Gasteiger partial charge in [-0.2, -0.15) is 0 Å². The number of aryl methyl sites for hydroxylation is 1. The zero-order valence-corrected chi connectivity index (χ0v) is 9.14. The summed E-state index contributed by atoms with van der Waals surface area (Å²) >= 11 is 5.88. The van der Waals surface area contributed by atoms with Gasteiger partial charge in [0, 0.05) is 24.2 Å². The summed E-state index contributed by atoms with van der Waals surface area (Å²) in [4.78, 5) is 4.34. The van der Waals surface area contributed by atoms with Crippen molar-refractivity contribution in [1.29, 1.82) is 0 Å². The van der Waals surface area contributed by atoms with Crippen LogP contribution < -0.4 is 5.32 Å². The van der Waals surface area contributed by atoms with Crippen LogP contribution in [0, 0.1) is 6.92 Å². The molecule has 1 saturated carbocycles. The summed E-state index contributed by atoms with van der Waals surface area (Å²) in [6.07, 6.45) is 4.23. The predicted molar refractivity (Wildman–Crippen MR) is 58.5 cm³/mol. The number of rotatable bonds is 4. The minimum absolute atomic E-state index is 0.214. The Hall–Kier alpha value is -0.600. The first kappa shape index (κ1) is 9.94. The van der Waals surface area contributed by atoms with Crippen molar-refractivity contribution in [2.75, 3.05) is 5.88 Å². The first-order valence-electron chi connectivity index (χ1n) is 4.97. The van der Waals surface area contributed by atoms with Gasteiger partial charge < -0.3 is 5.32 Å². The van der Waals surface area contributed by atoms with E-state index in [0.29, 0.717) is 5.88 Å². The predicted octanol–water partition coefficient (Wildman–Crippen LogP) is 2.25. The zero-order chi connectivity index (χ0) is 10.0. The Morgan fingerprint density at radius 2 is 2.36 bits per heavy atom. The van der Waals surface area contributed by atoms with Crippen LogP contribution in [0.4, 0.5) is 0 Å². The van der Waals surface area contributed by atoms with Crippen molar-refractivity contribution in [2.45, 2.75) is 31.8 Å². The van der Waals surface area contributed by atoms with E-state index in [-0.39, 0.29) is 5.54 Å². The fourth-order valence-electron chi connectivity index (χ4n) is 1.48. The third kappa shape index (κ3) is 2.07. The Labute approximate surface area is 89.7 Å². The van der Waals surface area contributed by atoms with E-state index in [0.717, 1.165) is 12.2 Å². The number of aromatic nitrogens is 1. The second-order valence-corrected chi connectivity index (χ2v) is 4.30. The van der Waals surface area contributed by atoms with Crippen molar-refractivity contribution in [3.8, 4) is 0 Å². The van der Waals surface area contributed by atoms with Gasteiger partial charge >= 0.3 is 0 Å². The van der Waals surface area contributed by atoms with Crippen LogP contribution >= 0.6 is 11.6 Å². The summed E-state index contributed by atoms with van der Waals surface area (Å²) in [5, 5.41) is 3.48. The number of halogens is 1. The minimum atomic E-state index is 0.214. The zero-order valence-electron chi connectivity index (χ0n) is 8.39. The van der Waals surface area contributed by atoms with Crippen LogP contribution in [0.2, 0.25) is 0 Å². The molecule has 1 N–H and O–H groups in total. The Bertz CT molecular complexity index is 321. The summed E-state index contributed by atoms with van der Waals surface area (Å²) in [6.45, 7) is 2.92. The monoisotopic (exact) mass is 210 g/mol. The molecule has 1 aromatic rings. The van der Waals surface area contributed by atoms with E-state index in [2.05, 4.69) is 23.3 Å². The maximum Gasteiger partial charge on any atom is 0.0570 e. The van der Waals surface area contributed by atoms with Gasteiger partial charge in [0.2, 0.25) is 0 Å². The second kappa shape index (κ2) is 3.87. The molecule has 76 valence electrons. The van der Waals surface area contributed by atoms with Crippen molar-refractivity contribution in [3.05, 3.63) is 29.6 Å². The Morgan fingerprint density at radius 3 is 2.93 bits per heavy atom. The summed E-state index contributed by atoms with van der Waals surface area (Å²) < 4.78 is 0. The van der Waals surface area contributed by atoms with Crippen molar-refractivity contribution in [3.63, 3.8) is 0 Å². The highest BCUT2D eigenvalue weighted by molar-refractivity contribution is 6.18. The summed E-state index contributed by atoms with van der Waals surface area (Å²) in [5.74, 6) is 0.707. The van der Waals surface area contributed by atoms with Crippen molar-refractivity contribution in [1.82, 2.24) is 10.3 Å². The molecule has 0 aliphatic heterocycles. The third-order valence-electron chi connectivity index (χ3n) is 2.86. The SMILES string of the molecule is Cc1cccnc1CNC1(CCl)CC1. The lowest BCUT2D eigenvalue weighted by atomic mass is 10.2. The van der Waals surface area contributed by atoms with Crippen LogP contribution in [-0.4, -0.2) is 16.4 Å². The molecule has 2 rings (SSSR count). The van der Waals surface area contributed by atoms with E-state index >= 15 is 0 Å². The molecule has 2 nitrogen and oxygen atoms in total. The highest BCUT2D eigenvalue weighted by Gasteiger charge is 2.41. The largest absolute Gasteiger partial charge is 0.304 e. The van der Waals surface area contributed by atoms with Gasteiger partial charge in [0.25, 0.3) is 0 Å². The first-order chi connectivity index (χ1) is 6.76. The van der Waals surface area contributed by atoms with E-state index in [1.165, 1.54) is 18.4 Å². The number of pyridine rings is 1. The Balaban J connectivity index is 1.95. The molecule has 1 aliphatic carbocycles. The van der Waals surface area contributed by atoms with Gasteiger partial charge in [0.05, 0.1) is 5.69 Å². The lowest BCUT2D eigenvalue weighted by Gasteiger charge is -2.14. The number of hydrogen-bond donors (Lipinski definition) is 1. The average molecular weight is 211 g/mol. The van der Waals surface area contributed by atoms with E-state index < -0.39 is 0 Å². The number of hydrogen-bond acceptors (Lipinski definition) is 2. The first-order valence-corrected chi connectivity index (χ1v) is 5.51. The second-order valence-electron chi connectivity index (χ2n) is 4.03. The fourth-order valence-corrected chi connectivity index (χ4v) is 1.84. The van der Waals surface area contributed by atoms with E-state index in [9.17, 15) is 0 Å². The standard InChI is InChI=1S/C11H15ClN2/c1-9-3-2-6-13-10(9)7-14-11(8-12)4-5-11/h2-3,6,14H,4-5,7-8H2,1H3. The topological polar surface area (TPSA) is 24.9 Å². The lowest BCUT2D eigenvalue weighted by Crippen LogP contribution is -2.32. The van der Waals surface area contributed by atoms with Gasteiger partial charge in [-0.3, -0.25) is 4.98 Å². The molecule has 0 radical (unpaired) electrons. The average Bonchev–Trinajstić information content (AvgIpc) is 2.98. The molecule has 1 heterocycles. The maximum atomic E-state index is 5.88. The normalized spacial score (nSPS) is 18.1. The van der Waals surface area contributed by atoms with Gasteiger partial charge in [-0.1, -0.05) is 6.07 Å². The Kier molecular flexibility index (Phi) is 2.75. The molecular formula is C11H15ClN2. The molecule has 0 bridgehead atoms. The molecule has 1 aliphatic rings. The van der Waals surface area contributed by atoms with E-state index in [1.54, 1.807) is 0 Å². The quantitative estimate of drug-likeness (QED) is 0.772. The van der Waals surface area contributed by atoms with Crippen LogP contribution in [0.3, 0.4) is 0 Å². The van der Waals surface area contributed by atoms with Gasteiger partial charge in [-0.25, -0.2) is 0 Å². The summed E-state index contributed by atoms with van der Waals surface area (Å²) in [5.41, 5.74) is 2.58. The van der Waals surface area contributed by atoms with Crippen molar-refractivity contribution in [2.24, 2.45) is 0 Å². The molecule has 0 spiro atoms. The van der Waals surface area contributed by atoms with Crippen LogP contribution in [0.15, 0.2) is 18.3 Å². The summed E-state index contributed by atoms with van der Waals surface area (Å²) in [6, 6.07) is 4.05. The number of nitrogens with zero attached hydrogens (tertiary/aromatic N) is 1. The molecule has 14 heavy (non-hydrogen) atoms. The molecule has 3 heteroatoms. The van der Waals surface area contributed by atoms with E-state index in [1.807, 2.05) is 12.3 Å². The van der Waals surface area contributed by atoms with Gasteiger partial charge in [-0.15, -0.1) is 11.6 Å². The van der Waals surface area contributed by atoms with Crippen LogP contribution in [0.25, 0.3) is 0 Å². The summed E-state index contributed by atoms with van der Waals surface area (Å²) in [7, 11) is 0. The highest BCUT2D eigenvalue weighted by atomic mass is 35.5. The number of alkyl halides is 1. The van der Waals surface area contributed by atoms with Gasteiger partial charge in [-0.05, 0) is 31.4 Å². The maximum absolute atomic E-state index is 5.88. The van der Waals surface area contributed by atoms with Crippen LogP contribution in [0.5, 0.6) is 0 Å². The highest BCUT2D eigenvalue weighted by Crippen LogP contribution is 2.36. The fraction of sp³-hybridized carbons (Fsp3) is 0.545. The molecular weight excluding hydrogens is 196 g/mol. The van der Waals surface area contributed by atoms with Crippen molar-refractivity contribution < 1.29 is 0 Å². The van der Waals surface area contributed by atoms with Crippen LogP contribution in [-0.2, 0) is 6.54 Å². The third-order valence-corrected chi connectivity index (χ3v) is 3.37. The van der Waals surface area contributed by atoms with E-state index in [4.69, 9.17) is 11.6 Å². The molecule has 1 fully saturated rings. The minimum Gasteiger partial charge on any atom is -0.304 e.